The summed E-state index contributed by atoms with van der Waals surface area (Å²) in [6.45, 7) is 5.69. The molecule has 1 aliphatic carbocycles. The summed E-state index contributed by atoms with van der Waals surface area (Å²) in [6, 6.07) is 14.0. The van der Waals surface area contributed by atoms with Crippen LogP contribution in [0.2, 0.25) is 0 Å². The number of nitrogens with one attached hydrogen (secondary N) is 1. The summed E-state index contributed by atoms with van der Waals surface area (Å²) in [4.78, 5) is 12.1. The van der Waals surface area contributed by atoms with Gasteiger partial charge in [0.25, 0.3) is 0 Å². The van der Waals surface area contributed by atoms with Crippen LogP contribution in [0.15, 0.2) is 53.4 Å². The number of carboxylic acids is 1. The fourth-order valence-corrected chi connectivity index (χ4v) is 8.31. The predicted octanol–water partition coefficient (Wildman–Crippen LogP) is 4.99. The number of hydrogen-bond donors (Lipinski definition) is 2. The minimum atomic E-state index is -3.92. The summed E-state index contributed by atoms with van der Waals surface area (Å²) >= 11 is 1.49. The molecule has 35 heavy (non-hydrogen) atoms. The minimum absolute atomic E-state index is 0.124. The predicted molar refractivity (Wildman–Crippen MR) is 142 cm³/mol. The highest BCUT2D eigenvalue weighted by molar-refractivity contribution is 8.00. The minimum Gasteiger partial charge on any atom is -0.480 e. The van der Waals surface area contributed by atoms with E-state index >= 15 is 0 Å². The van der Waals surface area contributed by atoms with Crippen LogP contribution >= 0.6 is 11.8 Å². The summed E-state index contributed by atoms with van der Waals surface area (Å²) in [7, 11) is -3.92. The van der Waals surface area contributed by atoms with Gasteiger partial charge in [-0.1, -0.05) is 55.7 Å². The molecule has 1 saturated carbocycles. The van der Waals surface area contributed by atoms with E-state index in [0.29, 0.717) is 5.75 Å². The number of rotatable bonds is 8. The van der Waals surface area contributed by atoms with Crippen LogP contribution in [0, 0.1) is 5.92 Å². The van der Waals surface area contributed by atoms with Crippen LogP contribution in [0.4, 0.5) is 0 Å². The molecule has 0 aromatic heterocycles. The van der Waals surface area contributed by atoms with Crippen LogP contribution in [-0.4, -0.2) is 53.4 Å². The van der Waals surface area contributed by atoms with E-state index in [1.807, 2.05) is 0 Å². The standard InChI is InChI=1S/C27H36N2O4S2/c1-27(2)25(26(30)31)29(16-17-34-27)35(32,33)24-14-12-23(13-15-24)22-10-8-21(9-11-22)19-28-18-20-6-4-3-5-7-20/h8-15,20,25,28H,3-7,16-19H2,1-2H3,(H,30,31). The van der Waals surface area contributed by atoms with Crippen LogP contribution in [-0.2, 0) is 21.4 Å². The molecule has 0 amide bonds. The van der Waals surface area contributed by atoms with E-state index < -0.39 is 26.8 Å². The van der Waals surface area contributed by atoms with Gasteiger partial charge in [0.2, 0.25) is 10.0 Å². The number of nitrogens with zero attached hydrogens (tertiary/aromatic N) is 1. The molecular weight excluding hydrogens is 480 g/mol. The molecule has 4 rings (SSSR count). The molecule has 1 atom stereocenters. The Kier molecular flexibility index (Phi) is 8.26. The van der Waals surface area contributed by atoms with Gasteiger partial charge in [0.1, 0.15) is 6.04 Å². The van der Waals surface area contributed by atoms with Gasteiger partial charge in [-0.05, 0) is 68.0 Å². The second-order valence-electron chi connectivity index (χ2n) is 10.2. The molecule has 2 aromatic rings. The molecule has 6 nitrogen and oxygen atoms in total. The zero-order valence-electron chi connectivity index (χ0n) is 20.6. The maximum atomic E-state index is 13.3. The van der Waals surface area contributed by atoms with Crippen LogP contribution in [0.3, 0.4) is 0 Å². The van der Waals surface area contributed by atoms with E-state index in [4.69, 9.17) is 0 Å². The zero-order chi connectivity index (χ0) is 25.1. The van der Waals surface area contributed by atoms with Crippen molar-refractivity contribution in [1.29, 1.82) is 0 Å². The fourth-order valence-electron chi connectivity index (χ4n) is 5.21. The number of thioether (sulfide) groups is 1. The highest BCUT2D eigenvalue weighted by Gasteiger charge is 2.48. The first-order valence-corrected chi connectivity index (χ1v) is 14.9. The van der Waals surface area contributed by atoms with Crippen LogP contribution in [0.25, 0.3) is 11.1 Å². The van der Waals surface area contributed by atoms with Gasteiger partial charge in [0, 0.05) is 23.6 Å². The van der Waals surface area contributed by atoms with Gasteiger partial charge in [-0.15, -0.1) is 0 Å². The van der Waals surface area contributed by atoms with E-state index in [9.17, 15) is 18.3 Å². The summed E-state index contributed by atoms with van der Waals surface area (Å²) < 4.78 is 27.1. The van der Waals surface area contributed by atoms with Crippen molar-refractivity contribution in [2.45, 2.75) is 68.2 Å². The van der Waals surface area contributed by atoms with Crippen LogP contribution < -0.4 is 5.32 Å². The Balaban J connectivity index is 1.42. The monoisotopic (exact) mass is 516 g/mol. The quantitative estimate of drug-likeness (QED) is 0.514. The summed E-state index contributed by atoms with van der Waals surface area (Å²) in [5, 5.41) is 13.4. The number of carboxylic acid groups (broad SMARTS) is 1. The SMILES string of the molecule is CC1(C)SCCN(S(=O)(=O)c2ccc(-c3ccc(CNCC4CCCCC4)cc3)cc2)C1C(=O)O. The Morgan fingerprint density at radius 3 is 2.23 bits per heavy atom. The lowest BCUT2D eigenvalue weighted by Crippen LogP contribution is -2.58. The van der Waals surface area contributed by atoms with Gasteiger partial charge in [-0.3, -0.25) is 4.79 Å². The number of sulfonamides is 1. The molecule has 2 N–H and O–H groups in total. The molecule has 2 aliphatic rings. The van der Waals surface area contributed by atoms with Gasteiger partial charge < -0.3 is 10.4 Å². The van der Waals surface area contributed by atoms with E-state index in [2.05, 4.69) is 29.6 Å². The summed E-state index contributed by atoms with van der Waals surface area (Å²) in [5.74, 6) is 0.254. The fraction of sp³-hybridized carbons (Fsp3) is 0.519. The van der Waals surface area contributed by atoms with Crippen molar-refractivity contribution in [1.82, 2.24) is 9.62 Å². The van der Waals surface area contributed by atoms with Crippen molar-refractivity contribution >= 4 is 27.8 Å². The lowest BCUT2D eigenvalue weighted by Gasteiger charge is -2.42. The smallest absolute Gasteiger partial charge is 0.323 e. The van der Waals surface area contributed by atoms with Gasteiger partial charge in [0.15, 0.2) is 0 Å². The first-order chi connectivity index (χ1) is 16.7. The van der Waals surface area contributed by atoms with Gasteiger partial charge in [-0.25, -0.2) is 8.42 Å². The zero-order valence-corrected chi connectivity index (χ0v) is 22.2. The first-order valence-electron chi connectivity index (χ1n) is 12.5. The molecule has 0 radical (unpaired) electrons. The van der Waals surface area contributed by atoms with Crippen molar-refractivity contribution in [2.75, 3.05) is 18.8 Å². The normalized spacial score (nSPS) is 21.6. The van der Waals surface area contributed by atoms with E-state index in [1.54, 1.807) is 38.1 Å². The Morgan fingerprint density at radius 2 is 1.63 bits per heavy atom. The Hall–Kier alpha value is -1.87. The average molecular weight is 517 g/mol. The van der Waals surface area contributed by atoms with Gasteiger partial charge >= 0.3 is 5.97 Å². The molecular formula is C27H36N2O4S2. The third kappa shape index (κ3) is 6.10. The topological polar surface area (TPSA) is 86.7 Å². The van der Waals surface area contributed by atoms with Gasteiger partial charge in [0.05, 0.1) is 4.90 Å². The molecule has 1 unspecified atom stereocenters. The molecule has 190 valence electrons. The lowest BCUT2D eigenvalue weighted by molar-refractivity contribution is -0.142. The van der Waals surface area contributed by atoms with Crippen molar-refractivity contribution in [3.63, 3.8) is 0 Å². The first kappa shape index (κ1) is 26.2. The van der Waals surface area contributed by atoms with Crippen LogP contribution in [0.5, 0.6) is 0 Å². The summed E-state index contributed by atoms with van der Waals surface area (Å²) in [5.41, 5.74) is 3.17. The van der Waals surface area contributed by atoms with E-state index in [0.717, 1.165) is 34.4 Å². The van der Waals surface area contributed by atoms with Crippen molar-refractivity contribution in [3.8, 4) is 11.1 Å². The maximum Gasteiger partial charge on any atom is 0.323 e. The van der Waals surface area contributed by atoms with Gasteiger partial charge in [-0.2, -0.15) is 16.1 Å². The molecule has 0 bridgehead atoms. The third-order valence-electron chi connectivity index (χ3n) is 7.20. The Labute approximate surface area is 213 Å². The Morgan fingerprint density at radius 1 is 1.03 bits per heavy atom. The highest BCUT2D eigenvalue weighted by atomic mass is 32.2. The van der Waals surface area contributed by atoms with Crippen molar-refractivity contribution < 1.29 is 18.3 Å². The second-order valence-corrected chi connectivity index (χ2v) is 13.8. The largest absolute Gasteiger partial charge is 0.480 e. The second kappa shape index (κ2) is 11.0. The number of carbonyl (C=O) groups is 1. The summed E-state index contributed by atoms with van der Waals surface area (Å²) in [6.07, 6.45) is 6.77. The maximum absolute atomic E-state index is 13.3. The molecule has 8 heteroatoms. The number of aliphatic carboxylic acids is 1. The highest BCUT2D eigenvalue weighted by Crippen LogP contribution is 2.38. The van der Waals surface area contributed by atoms with E-state index in [1.165, 1.54) is 49.4 Å². The molecule has 1 saturated heterocycles. The molecule has 2 aromatic carbocycles. The number of hydrogen-bond acceptors (Lipinski definition) is 5. The third-order valence-corrected chi connectivity index (χ3v) is 10.4. The molecule has 2 fully saturated rings. The molecule has 1 heterocycles. The average Bonchev–Trinajstić information content (AvgIpc) is 2.84. The molecule has 0 spiro atoms. The van der Waals surface area contributed by atoms with E-state index in [-0.39, 0.29) is 11.4 Å². The molecule has 1 aliphatic heterocycles. The lowest BCUT2D eigenvalue weighted by atomic mass is 9.89. The van der Waals surface area contributed by atoms with Crippen LogP contribution in [0.1, 0.15) is 51.5 Å². The van der Waals surface area contributed by atoms with Crippen molar-refractivity contribution in [3.05, 3.63) is 54.1 Å². The Bertz CT molecular complexity index is 1110. The number of benzene rings is 2. The van der Waals surface area contributed by atoms with Crippen molar-refractivity contribution in [2.24, 2.45) is 5.92 Å².